The Morgan fingerprint density at radius 2 is 2.06 bits per heavy atom. The zero-order chi connectivity index (χ0) is 22.5. The lowest BCUT2D eigenvalue weighted by molar-refractivity contribution is 0.153. The zero-order valence-corrected chi connectivity index (χ0v) is 20.0. The van der Waals surface area contributed by atoms with Gasteiger partial charge in [0.2, 0.25) is 0 Å². The zero-order valence-electron chi connectivity index (χ0n) is 17.5. The molecule has 0 heterocycles. The van der Waals surface area contributed by atoms with Gasteiger partial charge in [0.1, 0.15) is 11.5 Å². The van der Waals surface area contributed by atoms with Gasteiger partial charge in [0.05, 0.1) is 24.8 Å². The summed E-state index contributed by atoms with van der Waals surface area (Å²) in [7, 11) is -2.85. The predicted molar refractivity (Wildman–Crippen MR) is 122 cm³/mol. The molecule has 0 amide bonds. The van der Waals surface area contributed by atoms with Crippen molar-refractivity contribution in [3.05, 3.63) is 58.1 Å². The van der Waals surface area contributed by atoms with Crippen molar-refractivity contribution in [1.82, 2.24) is 0 Å². The molecule has 2 aromatic rings. The summed E-state index contributed by atoms with van der Waals surface area (Å²) in [5, 5.41) is 0. The number of halogens is 1. The topological polar surface area (TPSA) is 111 Å². The minimum absolute atomic E-state index is 0.149. The molecular formula is C22H29BrNO6P. The van der Waals surface area contributed by atoms with Gasteiger partial charge in [0.25, 0.3) is 0 Å². The molecule has 3 rings (SSSR count). The van der Waals surface area contributed by atoms with Crippen molar-refractivity contribution in [2.24, 2.45) is 5.73 Å². The van der Waals surface area contributed by atoms with Crippen LogP contribution in [0.2, 0.25) is 0 Å². The minimum atomic E-state index is -4.51. The van der Waals surface area contributed by atoms with Crippen LogP contribution >= 0.6 is 23.8 Å². The van der Waals surface area contributed by atoms with Gasteiger partial charge in [-0.05, 0) is 89.3 Å². The average Bonchev–Trinajstić information content (AvgIpc) is 3.13. The average molecular weight is 514 g/mol. The van der Waals surface area contributed by atoms with Gasteiger partial charge in [0.15, 0.2) is 0 Å². The second-order valence-corrected chi connectivity index (χ2v) is 10.2. The Bertz CT molecular complexity index is 936. The van der Waals surface area contributed by atoms with Crippen molar-refractivity contribution >= 4 is 23.8 Å². The fourth-order valence-electron chi connectivity index (χ4n) is 3.96. The number of benzene rings is 2. The Hall–Kier alpha value is -1.41. The number of hydrogen-bond acceptors (Lipinski definition) is 5. The third kappa shape index (κ3) is 7.31. The van der Waals surface area contributed by atoms with E-state index in [4.69, 9.17) is 25.0 Å². The molecule has 9 heteroatoms. The van der Waals surface area contributed by atoms with Crippen LogP contribution in [0, 0.1) is 0 Å². The van der Waals surface area contributed by atoms with Crippen LogP contribution in [-0.4, -0.2) is 35.6 Å². The molecule has 0 bridgehead atoms. The Morgan fingerprint density at radius 1 is 1.26 bits per heavy atom. The highest BCUT2D eigenvalue weighted by atomic mass is 79.9. The largest absolute Gasteiger partial charge is 0.497 e. The second kappa shape index (κ2) is 10.5. The number of ether oxygens (including phenoxy) is 2. The van der Waals surface area contributed by atoms with Gasteiger partial charge in [-0.3, -0.25) is 4.52 Å². The maximum absolute atomic E-state index is 11.0. The van der Waals surface area contributed by atoms with Crippen LogP contribution in [0.15, 0.2) is 46.9 Å². The number of hydrogen-bond donors (Lipinski definition) is 3. The number of rotatable bonds is 10. The number of nitrogens with two attached hydrogens (primary N) is 1. The van der Waals surface area contributed by atoms with E-state index in [1.54, 1.807) is 7.11 Å². The Kier molecular flexibility index (Phi) is 8.19. The van der Waals surface area contributed by atoms with Crippen molar-refractivity contribution in [3.63, 3.8) is 0 Å². The van der Waals surface area contributed by atoms with E-state index in [-0.39, 0.29) is 12.5 Å². The minimum Gasteiger partial charge on any atom is -0.497 e. The molecule has 1 saturated carbocycles. The van der Waals surface area contributed by atoms with Crippen LogP contribution in [0.5, 0.6) is 11.5 Å². The molecule has 0 aromatic heterocycles. The lowest BCUT2D eigenvalue weighted by Gasteiger charge is -2.24. The fraction of sp³-hybridized carbons (Fsp3) is 0.455. The molecule has 0 radical (unpaired) electrons. The maximum atomic E-state index is 11.0. The van der Waals surface area contributed by atoms with E-state index < -0.39 is 13.4 Å². The predicted octanol–water partition coefficient (Wildman–Crippen LogP) is 4.54. The molecule has 2 atom stereocenters. The van der Waals surface area contributed by atoms with Crippen molar-refractivity contribution in [2.45, 2.75) is 43.6 Å². The summed E-state index contributed by atoms with van der Waals surface area (Å²) >= 11 is 3.60. The molecule has 170 valence electrons. The summed E-state index contributed by atoms with van der Waals surface area (Å²) in [6, 6.07) is 14.1. The molecule has 1 fully saturated rings. The lowest BCUT2D eigenvalue weighted by atomic mass is 9.94. The van der Waals surface area contributed by atoms with Crippen LogP contribution in [0.4, 0.5) is 0 Å². The van der Waals surface area contributed by atoms with E-state index >= 15 is 0 Å². The molecule has 0 spiro atoms. The number of aryl methyl sites for hydroxylation is 1. The normalized spacial score (nSPS) is 21.3. The Labute approximate surface area is 191 Å². The summed E-state index contributed by atoms with van der Waals surface area (Å²) in [5.74, 6) is 1.86. The van der Waals surface area contributed by atoms with E-state index in [9.17, 15) is 4.57 Å². The number of phosphoric ester groups is 1. The molecule has 1 aliphatic carbocycles. The highest BCUT2D eigenvalue weighted by molar-refractivity contribution is 9.10. The lowest BCUT2D eigenvalue weighted by Crippen LogP contribution is -2.41. The third-order valence-electron chi connectivity index (χ3n) is 5.59. The fourth-order valence-corrected chi connectivity index (χ4v) is 4.90. The molecule has 7 nitrogen and oxygen atoms in total. The van der Waals surface area contributed by atoms with Gasteiger partial charge in [-0.15, -0.1) is 0 Å². The van der Waals surface area contributed by atoms with Crippen molar-refractivity contribution in [1.29, 1.82) is 0 Å². The second-order valence-electron chi connectivity index (χ2n) is 8.06. The highest BCUT2D eigenvalue weighted by Crippen LogP contribution is 2.44. The first-order chi connectivity index (χ1) is 14.7. The van der Waals surface area contributed by atoms with Crippen molar-refractivity contribution < 1.29 is 28.3 Å². The Morgan fingerprint density at radius 3 is 2.77 bits per heavy atom. The van der Waals surface area contributed by atoms with E-state index in [1.165, 1.54) is 5.56 Å². The summed E-state index contributed by atoms with van der Waals surface area (Å²) in [5.41, 5.74) is 7.91. The van der Waals surface area contributed by atoms with Crippen molar-refractivity contribution in [3.8, 4) is 11.5 Å². The number of methoxy groups -OCH3 is 1. The number of phosphoric acid groups is 1. The molecule has 2 aromatic carbocycles. The quantitative estimate of drug-likeness (QED) is 0.315. The van der Waals surface area contributed by atoms with Gasteiger partial charge in [-0.25, -0.2) is 4.57 Å². The summed E-state index contributed by atoms with van der Waals surface area (Å²) in [6.45, 7) is 0.452. The van der Waals surface area contributed by atoms with E-state index in [1.807, 2.05) is 36.4 Å². The monoisotopic (exact) mass is 513 g/mol. The van der Waals surface area contributed by atoms with Crippen LogP contribution < -0.4 is 15.2 Å². The molecular weight excluding hydrogens is 485 g/mol. The van der Waals surface area contributed by atoms with Crippen LogP contribution in [-0.2, 0) is 15.5 Å². The summed E-state index contributed by atoms with van der Waals surface area (Å²) in [4.78, 5) is 17.9. The van der Waals surface area contributed by atoms with Crippen LogP contribution in [0.3, 0.4) is 0 Å². The van der Waals surface area contributed by atoms with E-state index in [2.05, 4.69) is 26.5 Å². The first-order valence-corrected chi connectivity index (χ1v) is 12.5. The molecule has 4 N–H and O–H groups in total. The van der Waals surface area contributed by atoms with E-state index in [0.717, 1.165) is 40.8 Å². The third-order valence-corrected chi connectivity index (χ3v) is 6.68. The van der Waals surface area contributed by atoms with Gasteiger partial charge in [-0.2, -0.15) is 0 Å². The smallest absolute Gasteiger partial charge is 0.469 e. The maximum Gasteiger partial charge on any atom is 0.469 e. The summed E-state index contributed by atoms with van der Waals surface area (Å²) in [6.07, 6.45) is 3.90. The van der Waals surface area contributed by atoms with Gasteiger partial charge in [-0.1, -0.05) is 18.2 Å². The molecule has 1 aliphatic rings. The standard InChI is InChI=1S/C22H29BrNO6P/c1-28-19-6-2-4-16(12-19)5-3-11-29-21-8-7-17(13-20(21)23)18-9-10-22(24,14-18)15-30-31(25,26)27/h2,4,6-8,12-13,18H,3,5,9-11,14-15,24H2,1H3,(H2,25,26,27)/t18-,22-/m1/s1. The molecule has 31 heavy (non-hydrogen) atoms. The first-order valence-electron chi connectivity index (χ1n) is 10.2. The van der Waals surface area contributed by atoms with Crippen LogP contribution in [0.25, 0.3) is 0 Å². The van der Waals surface area contributed by atoms with Crippen LogP contribution in [0.1, 0.15) is 42.7 Å². The molecule has 0 aliphatic heterocycles. The van der Waals surface area contributed by atoms with Gasteiger partial charge in [0, 0.05) is 5.54 Å². The van der Waals surface area contributed by atoms with E-state index in [0.29, 0.717) is 19.4 Å². The summed E-state index contributed by atoms with van der Waals surface area (Å²) < 4.78 is 27.7. The first kappa shape index (κ1) is 24.2. The van der Waals surface area contributed by atoms with Crippen molar-refractivity contribution in [2.75, 3.05) is 20.3 Å². The SMILES string of the molecule is COc1cccc(CCCOc2ccc([C@@H]3CC[C@](N)(COP(=O)(O)O)C3)cc2Br)c1. The van der Waals surface area contributed by atoms with Gasteiger partial charge < -0.3 is 25.0 Å². The van der Waals surface area contributed by atoms with Gasteiger partial charge >= 0.3 is 7.82 Å². The Balaban J connectivity index is 1.50. The highest BCUT2D eigenvalue weighted by Gasteiger charge is 2.38. The molecule has 0 unspecified atom stereocenters. The molecule has 0 saturated heterocycles.